The molecule has 4 rings (SSSR count). The van der Waals surface area contributed by atoms with Gasteiger partial charge in [-0.15, -0.1) is 11.3 Å². The van der Waals surface area contributed by atoms with E-state index in [2.05, 4.69) is 20.6 Å². The van der Waals surface area contributed by atoms with Gasteiger partial charge in [0.25, 0.3) is 11.9 Å². The number of amides is 2. The first-order valence-electron chi connectivity index (χ1n) is 12.7. The topological polar surface area (TPSA) is 130 Å². The minimum absolute atomic E-state index is 0.0137. The molecule has 11 heteroatoms. The minimum Gasteiger partial charge on any atom is -0.444 e. The molecule has 0 fully saturated rings. The predicted octanol–water partition coefficient (Wildman–Crippen LogP) is 4.32. The fourth-order valence-corrected chi connectivity index (χ4v) is 4.68. The molecule has 0 aliphatic carbocycles. The summed E-state index contributed by atoms with van der Waals surface area (Å²) in [5.74, 6) is -0.103. The second-order valence-electron chi connectivity index (χ2n) is 9.61. The Hall–Kier alpha value is -3.96. The van der Waals surface area contributed by atoms with E-state index in [0.717, 1.165) is 10.4 Å². The molecule has 2 aromatic heterocycles. The van der Waals surface area contributed by atoms with E-state index in [0.29, 0.717) is 35.6 Å². The molecule has 4 aromatic rings. The number of carbonyl (C=O) groups excluding carboxylic acids is 2. The molecule has 2 heterocycles. The van der Waals surface area contributed by atoms with Crippen molar-refractivity contribution in [3.8, 4) is 0 Å². The number of hydrogen-bond donors (Lipinski definition) is 3. The van der Waals surface area contributed by atoms with Crippen LogP contribution in [0.2, 0.25) is 0 Å². The Morgan fingerprint density at radius 3 is 2.64 bits per heavy atom. The number of carbonyl (C=O) groups is 2. The lowest BCUT2D eigenvalue weighted by atomic mass is 10.00. The number of aliphatic hydroxyl groups is 1. The van der Waals surface area contributed by atoms with Crippen molar-refractivity contribution in [3.05, 3.63) is 76.2 Å². The van der Waals surface area contributed by atoms with Crippen LogP contribution < -0.4 is 10.6 Å². The third kappa shape index (κ3) is 7.78. The summed E-state index contributed by atoms with van der Waals surface area (Å²) >= 11 is 1.39. The highest BCUT2D eigenvalue weighted by Gasteiger charge is 2.28. The van der Waals surface area contributed by atoms with Gasteiger partial charge in [0.1, 0.15) is 12.1 Å². The zero-order valence-corrected chi connectivity index (χ0v) is 23.0. The average molecular weight is 552 g/mol. The van der Waals surface area contributed by atoms with Gasteiger partial charge in [-0.2, -0.15) is 4.98 Å². The van der Waals surface area contributed by atoms with E-state index in [4.69, 9.17) is 9.15 Å². The maximum atomic E-state index is 13.6. The number of nitrogens with one attached hydrogen (secondary N) is 2. The number of ether oxygens (including phenoxy) is 1. The normalized spacial score (nSPS) is 12.7. The SMILES string of the molecule is CNc1nc2ccc(C(=O)N(CC(C)C)C[C@@H](O)[C@H](Cc3ccccc3)NC(=O)OCc3cncs3)cc2o1. The van der Waals surface area contributed by atoms with E-state index in [-0.39, 0.29) is 25.0 Å². The lowest BCUT2D eigenvalue weighted by Gasteiger charge is -2.31. The summed E-state index contributed by atoms with van der Waals surface area (Å²) in [7, 11) is 1.71. The summed E-state index contributed by atoms with van der Waals surface area (Å²) in [5.41, 5.74) is 4.14. The van der Waals surface area contributed by atoms with Crippen LogP contribution in [0.5, 0.6) is 0 Å². The Morgan fingerprint density at radius 1 is 1.15 bits per heavy atom. The van der Waals surface area contributed by atoms with Crippen LogP contribution in [0, 0.1) is 5.92 Å². The molecule has 206 valence electrons. The number of nitrogens with zero attached hydrogens (tertiary/aromatic N) is 3. The lowest BCUT2D eigenvalue weighted by Crippen LogP contribution is -2.51. The summed E-state index contributed by atoms with van der Waals surface area (Å²) < 4.78 is 11.0. The van der Waals surface area contributed by atoms with Crippen molar-refractivity contribution in [1.82, 2.24) is 20.2 Å². The van der Waals surface area contributed by atoms with E-state index in [1.54, 1.807) is 41.9 Å². The van der Waals surface area contributed by atoms with Crippen molar-refractivity contribution in [3.63, 3.8) is 0 Å². The maximum absolute atomic E-state index is 13.6. The van der Waals surface area contributed by atoms with E-state index in [9.17, 15) is 14.7 Å². The highest BCUT2D eigenvalue weighted by Crippen LogP contribution is 2.21. The Labute approximate surface area is 231 Å². The number of fused-ring (bicyclic) bond motifs is 1. The number of rotatable bonds is 12. The van der Waals surface area contributed by atoms with Crippen molar-refractivity contribution >= 4 is 40.5 Å². The third-order valence-corrected chi connectivity index (χ3v) is 6.78. The van der Waals surface area contributed by atoms with Crippen LogP contribution in [-0.4, -0.2) is 64.3 Å². The highest BCUT2D eigenvalue weighted by atomic mass is 32.1. The van der Waals surface area contributed by atoms with Crippen molar-refractivity contribution in [2.45, 2.75) is 39.0 Å². The Kier molecular flexibility index (Phi) is 9.50. The number of aliphatic hydroxyl groups excluding tert-OH is 1. The van der Waals surface area contributed by atoms with Gasteiger partial charge in [-0.3, -0.25) is 9.78 Å². The highest BCUT2D eigenvalue weighted by molar-refractivity contribution is 7.09. The van der Waals surface area contributed by atoms with Crippen LogP contribution in [-0.2, 0) is 17.8 Å². The number of thiazole rings is 1. The first-order chi connectivity index (χ1) is 18.8. The van der Waals surface area contributed by atoms with Gasteiger partial charge < -0.3 is 29.8 Å². The van der Waals surface area contributed by atoms with Crippen molar-refractivity contribution in [2.24, 2.45) is 5.92 Å². The molecule has 0 saturated carbocycles. The number of hydrogen-bond acceptors (Lipinski definition) is 9. The maximum Gasteiger partial charge on any atom is 0.407 e. The number of alkyl carbamates (subject to hydrolysis) is 1. The zero-order valence-electron chi connectivity index (χ0n) is 22.2. The molecule has 0 aliphatic rings. The second-order valence-corrected chi connectivity index (χ2v) is 10.6. The standard InChI is InChI=1S/C28H33N5O5S/c1-18(2)14-33(26(35)20-9-10-22-25(12-20)38-27(29-3)31-22)15-24(34)23(11-19-7-5-4-6-8-19)32-28(36)37-16-21-13-30-17-39-21/h4-10,12-13,17-18,23-24,34H,11,14-16H2,1-3H3,(H,29,31)(H,32,36)/t23-,24+/m0/s1. The fourth-order valence-electron chi connectivity index (χ4n) is 4.18. The Morgan fingerprint density at radius 2 is 1.95 bits per heavy atom. The molecule has 2 aromatic carbocycles. The summed E-state index contributed by atoms with van der Waals surface area (Å²) in [5, 5.41) is 17.0. The van der Waals surface area contributed by atoms with Gasteiger partial charge in [-0.1, -0.05) is 44.2 Å². The summed E-state index contributed by atoms with van der Waals surface area (Å²) in [4.78, 5) is 36.9. The van der Waals surface area contributed by atoms with Crippen molar-refractivity contribution in [2.75, 3.05) is 25.5 Å². The molecule has 0 radical (unpaired) electrons. The molecule has 10 nitrogen and oxygen atoms in total. The summed E-state index contributed by atoms with van der Waals surface area (Å²) in [6.45, 7) is 4.52. The van der Waals surface area contributed by atoms with Crippen LogP contribution in [0.1, 0.15) is 34.6 Å². The molecule has 0 spiro atoms. The van der Waals surface area contributed by atoms with Gasteiger partial charge in [0.05, 0.1) is 22.5 Å². The quantitative estimate of drug-likeness (QED) is 0.237. The smallest absolute Gasteiger partial charge is 0.407 e. The molecule has 0 bridgehead atoms. The first-order valence-corrected chi connectivity index (χ1v) is 13.6. The molecular formula is C28H33N5O5S. The van der Waals surface area contributed by atoms with Gasteiger partial charge in [0.15, 0.2) is 5.58 Å². The average Bonchev–Trinajstić information content (AvgIpc) is 3.60. The molecule has 0 saturated heterocycles. The molecule has 2 amide bonds. The van der Waals surface area contributed by atoms with Gasteiger partial charge in [0.2, 0.25) is 0 Å². The van der Waals surface area contributed by atoms with Gasteiger partial charge in [0, 0.05) is 31.9 Å². The number of oxazole rings is 1. The Balaban J connectivity index is 1.51. The molecule has 0 unspecified atom stereocenters. The zero-order chi connectivity index (χ0) is 27.8. The molecule has 2 atom stereocenters. The second kappa shape index (κ2) is 13.2. The summed E-state index contributed by atoms with van der Waals surface area (Å²) in [6.07, 6.45) is 0.285. The van der Waals surface area contributed by atoms with E-state index < -0.39 is 18.2 Å². The molecule has 39 heavy (non-hydrogen) atoms. The molecule has 0 aliphatic heterocycles. The van der Waals surface area contributed by atoms with E-state index >= 15 is 0 Å². The number of benzene rings is 2. The minimum atomic E-state index is -1.06. The van der Waals surface area contributed by atoms with Crippen molar-refractivity contribution in [1.29, 1.82) is 0 Å². The largest absolute Gasteiger partial charge is 0.444 e. The predicted molar refractivity (Wildman–Crippen MR) is 150 cm³/mol. The van der Waals surface area contributed by atoms with Crippen LogP contribution in [0.15, 0.2) is 64.7 Å². The lowest BCUT2D eigenvalue weighted by molar-refractivity contribution is 0.0494. The van der Waals surface area contributed by atoms with Gasteiger partial charge in [-0.25, -0.2) is 4.79 Å². The van der Waals surface area contributed by atoms with Crippen LogP contribution in [0.3, 0.4) is 0 Å². The number of aromatic nitrogens is 2. The van der Waals surface area contributed by atoms with Crippen molar-refractivity contribution < 1.29 is 23.8 Å². The van der Waals surface area contributed by atoms with Crippen LogP contribution in [0.4, 0.5) is 10.8 Å². The van der Waals surface area contributed by atoms with E-state index in [1.165, 1.54) is 11.3 Å². The molecular weight excluding hydrogens is 518 g/mol. The molecule has 3 N–H and O–H groups in total. The Bertz CT molecular complexity index is 1360. The van der Waals surface area contributed by atoms with Crippen LogP contribution >= 0.6 is 11.3 Å². The first kappa shape index (κ1) is 28.1. The monoisotopic (exact) mass is 551 g/mol. The number of anilines is 1. The third-order valence-electron chi connectivity index (χ3n) is 6.02. The van der Waals surface area contributed by atoms with E-state index in [1.807, 2.05) is 44.2 Å². The van der Waals surface area contributed by atoms with Crippen LogP contribution in [0.25, 0.3) is 11.1 Å². The fraction of sp³-hybridized carbons (Fsp3) is 0.357. The van der Waals surface area contributed by atoms with Gasteiger partial charge in [-0.05, 0) is 36.1 Å². The summed E-state index contributed by atoms with van der Waals surface area (Å²) in [6, 6.07) is 14.3. The van der Waals surface area contributed by atoms with Gasteiger partial charge >= 0.3 is 6.09 Å².